The van der Waals surface area contributed by atoms with Crippen molar-refractivity contribution in [2.24, 2.45) is 0 Å². The highest BCUT2D eigenvalue weighted by Gasteiger charge is 2.01. The van der Waals surface area contributed by atoms with Crippen molar-refractivity contribution in [2.45, 2.75) is 13.5 Å². The Kier molecular flexibility index (Phi) is 3.10. The van der Waals surface area contributed by atoms with Crippen LogP contribution in [0.5, 0.6) is 0 Å². The van der Waals surface area contributed by atoms with E-state index < -0.39 is 0 Å². The van der Waals surface area contributed by atoms with Crippen molar-refractivity contribution in [3.8, 4) is 0 Å². The minimum atomic E-state index is 0.801. The number of hydrogen-bond donors (Lipinski definition) is 2. The highest BCUT2D eigenvalue weighted by Crippen LogP contribution is 2.22. The maximum absolute atomic E-state index is 5.92. The van der Waals surface area contributed by atoms with Gasteiger partial charge >= 0.3 is 0 Å². The molecule has 0 radical (unpaired) electrons. The summed E-state index contributed by atoms with van der Waals surface area (Å²) in [5.41, 5.74) is 10.2. The van der Waals surface area contributed by atoms with E-state index in [2.05, 4.69) is 30.4 Å². The predicted octanol–water partition coefficient (Wildman–Crippen LogP) is 3.19. The zero-order valence-electron chi connectivity index (χ0n) is 9.40. The first-order valence-corrected chi connectivity index (χ1v) is 5.40. The Balaban J connectivity index is 2.11. The number of hydrogen-bond acceptors (Lipinski definition) is 2. The van der Waals surface area contributed by atoms with Crippen molar-refractivity contribution in [3.05, 3.63) is 59.7 Å². The molecule has 0 saturated heterocycles. The van der Waals surface area contributed by atoms with Crippen LogP contribution in [-0.2, 0) is 6.54 Å². The number of nitrogens with two attached hydrogens (primary N) is 1. The molecule has 2 heteroatoms. The van der Waals surface area contributed by atoms with E-state index in [0.717, 1.165) is 17.9 Å². The third-order valence-corrected chi connectivity index (χ3v) is 2.62. The third-order valence-electron chi connectivity index (χ3n) is 2.62. The summed E-state index contributed by atoms with van der Waals surface area (Å²) in [5, 5.41) is 3.37. The second kappa shape index (κ2) is 4.71. The van der Waals surface area contributed by atoms with Crippen LogP contribution in [-0.4, -0.2) is 0 Å². The molecule has 0 amide bonds. The minimum absolute atomic E-state index is 0.801. The summed E-state index contributed by atoms with van der Waals surface area (Å²) >= 11 is 0. The molecule has 0 saturated carbocycles. The molecular weight excluding hydrogens is 196 g/mol. The number of aryl methyl sites for hydroxylation is 1. The standard InChI is InChI=1S/C14H16N2/c1-11-6-5-9-13(15)14(11)16-10-12-7-3-2-4-8-12/h2-9,16H,10,15H2,1H3. The van der Waals surface area contributed by atoms with Gasteiger partial charge < -0.3 is 11.1 Å². The molecule has 2 rings (SSSR count). The van der Waals surface area contributed by atoms with Gasteiger partial charge in [0.1, 0.15) is 0 Å². The SMILES string of the molecule is Cc1cccc(N)c1NCc1ccccc1. The Morgan fingerprint density at radius 2 is 1.75 bits per heavy atom. The first kappa shape index (κ1) is 10.6. The summed E-state index contributed by atoms with van der Waals surface area (Å²) in [5.74, 6) is 0. The number of rotatable bonds is 3. The fraction of sp³-hybridized carbons (Fsp3) is 0.143. The van der Waals surface area contributed by atoms with E-state index in [1.54, 1.807) is 0 Å². The molecule has 0 aliphatic carbocycles. The molecule has 82 valence electrons. The Hall–Kier alpha value is -1.96. The molecule has 0 unspecified atom stereocenters. The van der Waals surface area contributed by atoms with Gasteiger partial charge in [0.25, 0.3) is 0 Å². The molecular formula is C14H16N2. The topological polar surface area (TPSA) is 38.0 Å². The number of benzene rings is 2. The molecule has 2 aromatic carbocycles. The van der Waals surface area contributed by atoms with E-state index in [9.17, 15) is 0 Å². The van der Waals surface area contributed by atoms with Gasteiger partial charge in [0.05, 0.1) is 11.4 Å². The van der Waals surface area contributed by atoms with Gasteiger partial charge in [-0.25, -0.2) is 0 Å². The van der Waals surface area contributed by atoms with Crippen LogP contribution in [0.15, 0.2) is 48.5 Å². The van der Waals surface area contributed by atoms with Crippen molar-refractivity contribution < 1.29 is 0 Å². The van der Waals surface area contributed by atoms with E-state index in [4.69, 9.17) is 5.73 Å². The molecule has 0 spiro atoms. The lowest BCUT2D eigenvalue weighted by Gasteiger charge is -2.12. The average molecular weight is 212 g/mol. The number of nitrogen functional groups attached to an aromatic ring is 1. The summed E-state index contributed by atoms with van der Waals surface area (Å²) in [6, 6.07) is 16.2. The fourth-order valence-electron chi connectivity index (χ4n) is 1.72. The first-order chi connectivity index (χ1) is 7.77. The molecule has 0 bridgehead atoms. The molecule has 0 aliphatic heterocycles. The largest absolute Gasteiger partial charge is 0.397 e. The minimum Gasteiger partial charge on any atom is -0.397 e. The molecule has 0 aromatic heterocycles. The van der Waals surface area contributed by atoms with Crippen LogP contribution in [0.3, 0.4) is 0 Å². The van der Waals surface area contributed by atoms with Gasteiger partial charge in [-0.2, -0.15) is 0 Å². The van der Waals surface area contributed by atoms with Gasteiger partial charge in [-0.1, -0.05) is 42.5 Å². The maximum atomic E-state index is 5.92. The van der Waals surface area contributed by atoms with E-state index in [-0.39, 0.29) is 0 Å². The first-order valence-electron chi connectivity index (χ1n) is 5.40. The zero-order valence-corrected chi connectivity index (χ0v) is 9.40. The number of nitrogens with one attached hydrogen (secondary N) is 1. The summed E-state index contributed by atoms with van der Waals surface area (Å²) < 4.78 is 0. The summed E-state index contributed by atoms with van der Waals surface area (Å²) in [6.07, 6.45) is 0. The Labute approximate surface area is 96.1 Å². The van der Waals surface area contributed by atoms with E-state index in [1.807, 2.05) is 30.3 Å². The van der Waals surface area contributed by atoms with Crippen molar-refractivity contribution in [3.63, 3.8) is 0 Å². The molecule has 0 fully saturated rings. The van der Waals surface area contributed by atoms with Crippen LogP contribution in [0.4, 0.5) is 11.4 Å². The van der Waals surface area contributed by atoms with Gasteiger partial charge in [0.15, 0.2) is 0 Å². The van der Waals surface area contributed by atoms with E-state index in [0.29, 0.717) is 0 Å². The van der Waals surface area contributed by atoms with Gasteiger partial charge in [-0.05, 0) is 24.1 Å². The van der Waals surface area contributed by atoms with Crippen LogP contribution in [0.25, 0.3) is 0 Å². The van der Waals surface area contributed by atoms with Gasteiger partial charge in [0, 0.05) is 6.54 Å². The molecule has 2 aromatic rings. The molecule has 16 heavy (non-hydrogen) atoms. The molecule has 0 aliphatic rings. The lowest BCUT2D eigenvalue weighted by atomic mass is 10.1. The summed E-state index contributed by atoms with van der Waals surface area (Å²) in [6.45, 7) is 2.86. The van der Waals surface area contributed by atoms with Crippen molar-refractivity contribution >= 4 is 11.4 Å². The third kappa shape index (κ3) is 2.34. The second-order valence-electron chi connectivity index (χ2n) is 3.88. The predicted molar refractivity (Wildman–Crippen MR) is 69.4 cm³/mol. The van der Waals surface area contributed by atoms with Crippen molar-refractivity contribution in [1.82, 2.24) is 0 Å². The highest BCUT2D eigenvalue weighted by molar-refractivity contribution is 5.69. The Bertz CT molecular complexity index is 443. The monoisotopic (exact) mass is 212 g/mol. The lowest BCUT2D eigenvalue weighted by Crippen LogP contribution is -2.03. The van der Waals surface area contributed by atoms with Crippen LogP contribution < -0.4 is 11.1 Å². The van der Waals surface area contributed by atoms with Crippen molar-refractivity contribution in [2.75, 3.05) is 11.1 Å². The van der Waals surface area contributed by atoms with Crippen LogP contribution >= 0.6 is 0 Å². The quantitative estimate of drug-likeness (QED) is 0.767. The van der Waals surface area contributed by atoms with Gasteiger partial charge in [-0.15, -0.1) is 0 Å². The zero-order chi connectivity index (χ0) is 11.4. The highest BCUT2D eigenvalue weighted by atomic mass is 14.9. The second-order valence-corrected chi connectivity index (χ2v) is 3.88. The Morgan fingerprint density at radius 3 is 2.44 bits per heavy atom. The van der Waals surface area contributed by atoms with Crippen LogP contribution in [0, 0.1) is 6.92 Å². The van der Waals surface area contributed by atoms with Gasteiger partial charge in [0.2, 0.25) is 0 Å². The number of para-hydroxylation sites is 1. The molecule has 2 nitrogen and oxygen atoms in total. The number of anilines is 2. The van der Waals surface area contributed by atoms with Gasteiger partial charge in [-0.3, -0.25) is 0 Å². The molecule has 0 atom stereocenters. The molecule has 0 heterocycles. The smallest absolute Gasteiger partial charge is 0.0606 e. The maximum Gasteiger partial charge on any atom is 0.0606 e. The normalized spacial score (nSPS) is 10.1. The van der Waals surface area contributed by atoms with Crippen LogP contribution in [0.2, 0.25) is 0 Å². The molecule has 3 N–H and O–H groups in total. The fourth-order valence-corrected chi connectivity index (χ4v) is 1.72. The summed E-state index contributed by atoms with van der Waals surface area (Å²) in [7, 11) is 0. The lowest BCUT2D eigenvalue weighted by molar-refractivity contribution is 1.14. The Morgan fingerprint density at radius 1 is 1.00 bits per heavy atom. The van der Waals surface area contributed by atoms with E-state index in [1.165, 1.54) is 11.1 Å². The van der Waals surface area contributed by atoms with Crippen molar-refractivity contribution in [1.29, 1.82) is 0 Å². The van der Waals surface area contributed by atoms with E-state index >= 15 is 0 Å². The summed E-state index contributed by atoms with van der Waals surface area (Å²) in [4.78, 5) is 0. The van der Waals surface area contributed by atoms with Crippen LogP contribution in [0.1, 0.15) is 11.1 Å². The average Bonchev–Trinajstić information content (AvgIpc) is 2.30.